The van der Waals surface area contributed by atoms with Crippen molar-refractivity contribution in [1.29, 1.82) is 0 Å². The van der Waals surface area contributed by atoms with E-state index in [1.807, 2.05) is 4.90 Å². The van der Waals surface area contributed by atoms with Crippen LogP contribution in [0, 0.1) is 16.2 Å². The highest BCUT2D eigenvalue weighted by Crippen LogP contribution is 2.71. The van der Waals surface area contributed by atoms with Crippen molar-refractivity contribution in [2.75, 3.05) is 0 Å². The highest BCUT2D eigenvalue weighted by molar-refractivity contribution is 6.31. The van der Waals surface area contributed by atoms with Gasteiger partial charge in [-0.3, -0.25) is 9.59 Å². The van der Waals surface area contributed by atoms with Gasteiger partial charge in [0.05, 0.1) is 11.0 Å². The summed E-state index contributed by atoms with van der Waals surface area (Å²) in [4.78, 5) is 27.2. The molecule has 1 aliphatic heterocycles. The molecule has 4 fully saturated rings. The second-order valence-corrected chi connectivity index (χ2v) is 14.1. The average Bonchev–Trinajstić information content (AvgIpc) is 2.64. The number of hydrogen-bond acceptors (Lipinski definition) is 2. The number of fused-ring (bicyclic) bond motifs is 1. The van der Waals surface area contributed by atoms with Crippen molar-refractivity contribution in [3.63, 3.8) is 0 Å². The minimum Gasteiger partial charge on any atom is -0.481 e. The van der Waals surface area contributed by atoms with E-state index in [-0.39, 0.29) is 27.7 Å². The summed E-state index contributed by atoms with van der Waals surface area (Å²) in [5.41, 5.74) is 2.92. The molecule has 184 valence electrons. The lowest BCUT2D eigenvalue weighted by Gasteiger charge is -2.71. The molecule has 2 bridgehead atoms. The first-order valence-corrected chi connectivity index (χ1v) is 13.1. The van der Waals surface area contributed by atoms with Crippen LogP contribution in [-0.2, 0) is 21.4 Å². The van der Waals surface area contributed by atoms with Gasteiger partial charge in [0.15, 0.2) is 0 Å². The Hall–Kier alpha value is -1.81. The van der Waals surface area contributed by atoms with Crippen molar-refractivity contribution in [3.8, 4) is 0 Å². The van der Waals surface area contributed by atoms with Gasteiger partial charge < -0.3 is 10.0 Å². The summed E-state index contributed by atoms with van der Waals surface area (Å²) in [6.45, 7) is 11.4. The Balaban J connectivity index is 1.47. The smallest absolute Gasteiger partial charge is 0.309 e. The zero-order valence-electron chi connectivity index (χ0n) is 21.3. The lowest BCUT2D eigenvalue weighted by Crippen LogP contribution is -2.77. The van der Waals surface area contributed by atoms with Crippen LogP contribution in [0.25, 0.3) is 0 Å². The molecule has 5 heteroatoms. The van der Waals surface area contributed by atoms with Crippen molar-refractivity contribution in [3.05, 3.63) is 46.1 Å². The number of carboxylic acid groups (broad SMARTS) is 1. The van der Waals surface area contributed by atoms with Crippen LogP contribution in [0.2, 0.25) is 5.02 Å². The van der Waals surface area contributed by atoms with Crippen molar-refractivity contribution >= 4 is 23.5 Å². The fourth-order valence-corrected chi connectivity index (χ4v) is 7.31. The summed E-state index contributed by atoms with van der Waals surface area (Å²) in [5, 5.41) is 10.4. The standard InChI is InChI=1S/C29H38ClNO3/c1-25(2,3)9-8-19-6-7-20(12-22(19)30)29-11-10-26(4,5)13-21(29)15-31(23(32)14-29)28-16-27(17-28,18-28)24(33)34/h6-7,12,15H,8-11,13-14,16-18H2,1-5H3,(H,33,34)/t27?,28?,29-/m1/s1. The highest BCUT2D eigenvalue weighted by Gasteiger charge is 2.75. The first-order valence-electron chi connectivity index (χ1n) is 12.8. The maximum Gasteiger partial charge on any atom is 0.309 e. The third kappa shape index (κ3) is 3.63. The minimum atomic E-state index is -0.708. The van der Waals surface area contributed by atoms with Crippen LogP contribution in [-0.4, -0.2) is 27.4 Å². The normalized spacial score (nSPS) is 34.0. The van der Waals surface area contributed by atoms with Gasteiger partial charge >= 0.3 is 5.97 Å². The number of aliphatic carboxylic acids is 1. The Labute approximate surface area is 208 Å². The van der Waals surface area contributed by atoms with Gasteiger partial charge in [-0.1, -0.05) is 58.4 Å². The maximum atomic E-state index is 13.6. The van der Waals surface area contributed by atoms with E-state index in [4.69, 9.17) is 11.6 Å². The van der Waals surface area contributed by atoms with E-state index in [0.717, 1.165) is 42.7 Å². The Morgan fingerprint density at radius 2 is 1.79 bits per heavy atom. The second-order valence-electron chi connectivity index (χ2n) is 13.7. The highest BCUT2D eigenvalue weighted by atomic mass is 35.5. The Morgan fingerprint density at radius 1 is 1.12 bits per heavy atom. The number of benzene rings is 1. The average molecular weight is 484 g/mol. The molecule has 1 aromatic carbocycles. The largest absolute Gasteiger partial charge is 0.481 e. The summed E-state index contributed by atoms with van der Waals surface area (Å²) >= 11 is 6.81. The van der Waals surface area contributed by atoms with Crippen LogP contribution in [0.1, 0.15) is 97.1 Å². The molecular formula is C29H38ClNO3. The van der Waals surface area contributed by atoms with Gasteiger partial charge in [0.25, 0.3) is 0 Å². The summed E-state index contributed by atoms with van der Waals surface area (Å²) < 4.78 is 0. The molecule has 1 amide bonds. The number of allylic oxidation sites excluding steroid dienone is 1. The van der Waals surface area contributed by atoms with Crippen molar-refractivity contribution in [1.82, 2.24) is 4.90 Å². The van der Waals surface area contributed by atoms with Gasteiger partial charge in [-0.15, -0.1) is 0 Å². The first kappa shape index (κ1) is 23.9. The molecule has 34 heavy (non-hydrogen) atoms. The third-order valence-electron chi connectivity index (χ3n) is 9.24. The van der Waals surface area contributed by atoms with Crippen LogP contribution >= 0.6 is 11.6 Å². The van der Waals surface area contributed by atoms with Crippen LogP contribution < -0.4 is 0 Å². The first-order chi connectivity index (χ1) is 15.7. The van der Waals surface area contributed by atoms with Gasteiger partial charge in [-0.2, -0.15) is 0 Å². The van der Waals surface area contributed by atoms with Gasteiger partial charge in [0.1, 0.15) is 0 Å². The third-order valence-corrected chi connectivity index (χ3v) is 9.59. The number of carboxylic acids is 1. The summed E-state index contributed by atoms with van der Waals surface area (Å²) in [7, 11) is 0. The topological polar surface area (TPSA) is 57.6 Å². The molecule has 4 saturated carbocycles. The van der Waals surface area contributed by atoms with E-state index in [2.05, 4.69) is 59.0 Å². The zero-order chi connectivity index (χ0) is 24.7. The monoisotopic (exact) mass is 483 g/mol. The van der Waals surface area contributed by atoms with E-state index >= 15 is 0 Å². The Morgan fingerprint density at radius 3 is 2.38 bits per heavy atom. The number of halogens is 1. The molecule has 1 N–H and O–H groups in total. The molecule has 6 rings (SSSR count). The molecule has 0 spiro atoms. The lowest BCUT2D eigenvalue weighted by atomic mass is 9.38. The van der Waals surface area contributed by atoms with Crippen molar-refractivity contribution in [2.24, 2.45) is 16.2 Å². The molecule has 4 aliphatic carbocycles. The molecule has 4 nitrogen and oxygen atoms in total. The predicted octanol–water partition coefficient (Wildman–Crippen LogP) is 6.89. The second kappa shape index (κ2) is 7.35. The molecule has 0 aromatic heterocycles. The number of carbonyl (C=O) groups excluding carboxylic acids is 1. The van der Waals surface area contributed by atoms with Crippen molar-refractivity contribution in [2.45, 2.75) is 103 Å². The number of aryl methyl sites for hydroxylation is 1. The summed E-state index contributed by atoms with van der Waals surface area (Å²) in [6.07, 6.45) is 9.33. The number of hydrogen-bond donors (Lipinski definition) is 1. The predicted molar refractivity (Wildman–Crippen MR) is 135 cm³/mol. The molecular weight excluding hydrogens is 446 g/mol. The molecule has 1 aromatic rings. The quantitative estimate of drug-likeness (QED) is 0.496. The SMILES string of the molecule is CC(C)(C)CCc1ccc([C@]23CCC(C)(C)CC2=CN(C24CC(C(=O)O)(C2)C4)C(=O)C3)cc1Cl. The molecule has 1 atom stereocenters. The molecule has 0 saturated heterocycles. The Kier molecular flexibility index (Phi) is 5.17. The van der Waals surface area contributed by atoms with Crippen LogP contribution in [0.15, 0.2) is 30.0 Å². The van der Waals surface area contributed by atoms with E-state index in [1.54, 1.807) is 0 Å². The van der Waals surface area contributed by atoms with Crippen LogP contribution in [0.4, 0.5) is 0 Å². The van der Waals surface area contributed by atoms with Crippen LogP contribution in [0.5, 0.6) is 0 Å². The van der Waals surface area contributed by atoms with Gasteiger partial charge in [-0.05, 0) is 85.0 Å². The number of amides is 1. The van der Waals surface area contributed by atoms with Crippen LogP contribution in [0.3, 0.4) is 0 Å². The number of carbonyl (C=O) groups is 2. The molecule has 1 heterocycles. The van der Waals surface area contributed by atoms with Gasteiger partial charge in [0.2, 0.25) is 5.91 Å². The Bertz CT molecular complexity index is 1080. The number of nitrogens with zero attached hydrogens (tertiary/aromatic N) is 1. The molecule has 0 radical (unpaired) electrons. The van der Waals surface area contributed by atoms with E-state index < -0.39 is 11.4 Å². The van der Waals surface area contributed by atoms with E-state index in [9.17, 15) is 14.7 Å². The lowest BCUT2D eigenvalue weighted by molar-refractivity contribution is -0.224. The van der Waals surface area contributed by atoms with E-state index in [1.165, 1.54) is 11.1 Å². The summed E-state index contributed by atoms with van der Waals surface area (Å²) in [5.74, 6) is -0.573. The van der Waals surface area contributed by atoms with Gasteiger partial charge in [0, 0.05) is 23.1 Å². The minimum absolute atomic E-state index is 0.134. The van der Waals surface area contributed by atoms with Gasteiger partial charge in [-0.25, -0.2) is 0 Å². The van der Waals surface area contributed by atoms with E-state index in [0.29, 0.717) is 25.7 Å². The summed E-state index contributed by atoms with van der Waals surface area (Å²) in [6, 6.07) is 6.50. The zero-order valence-corrected chi connectivity index (χ0v) is 22.0. The fourth-order valence-electron chi connectivity index (χ4n) is 7.04. The molecule has 5 aliphatic rings. The molecule has 0 unspecified atom stereocenters. The number of rotatable bonds is 5. The van der Waals surface area contributed by atoms with Crippen molar-refractivity contribution < 1.29 is 14.7 Å². The maximum absolute atomic E-state index is 13.6. The fraction of sp³-hybridized carbons (Fsp3) is 0.655.